The molecule has 4 fully saturated rings. The summed E-state index contributed by atoms with van der Waals surface area (Å²) in [5.74, 6) is 3.04. The third-order valence-electron chi connectivity index (χ3n) is 7.69. The molecule has 4 nitrogen and oxygen atoms in total. The van der Waals surface area contributed by atoms with Gasteiger partial charge in [-0.1, -0.05) is 24.3 Å². The molecule has 0 aromatic heterocycles. The third kappa shape index (κ3) is 4.23. The largest absolute Gasteiger partial charge is 0.465 e. The highest BCUT2D eigenvalue weighted by atomic mass is 16.5. The summed E-state index contributed by atoms with van der Waals surface area (Å²) in [6.07, 6.45) is 11.5. The molecule has 0 amide bonds. The second-order valence-electron chi connectivity index (χ2n) is 9.98. The highest BCUT2D eigenvalue weighted by Gasteiger charge is 2.51. The zero-order chi connectivity index (χ0) is 22.1. The van der Waals surface area contributed by atoms with Gasteiger partial charge >= 0.3 is 5.97 Å². The van der Waals surface area contributed by atoms with Gasteiger partial charge in [-0.15, -0.1) is 0 Å². The van der Waals surface area contributed by atoms with Crippen LogP contribution in [0.2, 0.25) is 0 Å². The lowest BCUT2D eigenvalue weighted by atomic mass is 9.48. The smallest absolute Gasteiger partial charge is 0.337 e. The van der Waals surface area contributed by atoms with Crippen LogP contribution in [0.5, 0.6) is 5.75 Å². The molecule has 4 heteroatoms. The summed E-state index contributed by atoms with van der Waals surface area (Å²) in [7, 11) is 1.34. The molecule has 4 aliphatic carbocycles. The van der Waals surface area contributed by atoms with Crippen molar-refractivity contribution in [1.82, 2.24) is 0 Å². The molecule has 0 heterocycles. The predicted octanol–water partition coefficient (Wildman–Crippen LogP) is 5.65. The summed E-state index contributed by atoms with van der Waals surface area (Å²) in [4.78, 5) is 23.9. The van der Waals surface area contributed by atoms with Gasteiger partial charge in [-0.2, -0.15) is 0 Å². The van der Waals surface area contributed by atoms with E-state index in [4.69, 9.17) is 9.47 Å². The van der Waals surface area contributed by atoms with E-state index >= 15 is 0 Å². The number of allylic oxidation sites excluding steroid dienone is 1. The van der Waals surface area contributed by atoms with Crippen LogP contribution in [0.3, 0.4) is 0 Å². The number of methoxy groups -OCH3 is 1. The van der Waals surface area contributed by atoms with E-state index < -0.39 is 5.97 Å². The number of ketones is 1. The Morgan fingerprint density at radius 1 is 0.969 bits per heavy atom. The topological polar surface area (TPSA) is 52.6 Å². The van der Waals surface area contributed by atoms with E-state index in [-0.39, 0.29) is 12.2 Å². The van der Waals surface area contributed by atoms with Crippen LogP contribution in [-0.4, -0.2) is 18.9 Å². The Labute approximate surface area is 189 Å². The van der Waals surface area contributed by atoms with Crippen molar-refractivity contribution in [1.29, 1.82) is 0 Å². The van der Waals surface area contributed by atoms with Crippen molar-refractivity contribution in [2.24, 2.45) is 17.8 Å². The van der Waals surface area contributed by atoms with Gasteiger partial charge in [0, 0.05) is 12.5 Å². The van der Waals surface area contributed by atoms with Crippen LogP contribution in [0.15, 0.2) is 60.9 Å². The van der Waals surface area contributed by atoms with Crippen molar-refractivity contribution in [3.8, 4) is 5.75 Å². The Balaban J connectivity index is 1.18. The molecule has 4 aliphatic rings. The van der Waals surface area contributed by atoms with Crippen molar-refractivity contribution < 1.29 is 19.1 Å². The van der Waals surface area contributed by atoms with Crippen LogP contribution >= 0.6 is 0 Å². The molecule has 32 heavy (non-hydrogen) atoms. The number of ether oxygens (including phenoxy) is 2. The molecule has 0 radical (unpaired) electrons. The Morgan fingerprint density at radius 2 is 1.62 bits per heavy atom. The Morgan fingerprint density at radius 3 is 2.25 bits per heavy atom. The lowest BCUT2D eigenvalue weighted by Gasteiger charge is -2.57. The molecule has 4 saturated carbocycles. The zero-order valence-electron chi connectivity index (χ0n) is 18.6. The summed E-state index contributed by atoms with van der Waals surface area (Å²) in [6.45, 7) is 0. The van der Waals surface area contributed by atoms with E-state index in [1.165, 1.54) is 63.5 Å². The van der Waals surface area contributed by atoms with Crippen LogP contribution < -0.4 is 4.74 Å². The van der Waals surface area contributed by atoms with Crippen molar-refractivity contribution in [3.05, 3.63) is 77.6 Å². The van der Waals surface area contributed by atoms with Gasteiger partial charge < -0.3 is 9.47 Å². The number of hydrogen-bond acceptors (Lipinski definition) is 4. The van der Waals surface area contributed by atoms with E-state index in [1.54, 1.807) is 18.2 Å². The van der Waals surface area contributed by atoms with Crippen LogP contribution in [0.1, 0.15) is 60.0 Å². The fraction of sp³-hybridized carbons (Fsp3) is 0.429. The zero-order valence-corrected chi connectivity index (χ0v) is 18.6. The first-order valence-corrected chi connectivity index (χ1v) is 11.7. The van der Waals surface area contributed by atoms with Gasteiger partial charge in [0.2, 0.25) is 0 Å². The number of carbonyl (C=O) groups excluding carboxylic acids is 2. The normalized spacial score (nSPS) is 28.1. The number of carbonyl (C=O) groups is 2. The Bertz CT molecular complexity index is 998. The SMILES string of the molecule is COC(=O)c1cccc(CC(=O)/C=C/Oc2ccc(C34CC5CC(CC(C5)C3)C4)cc2)c1. The highest BCUT2D eigenvalue weighted by molar-refractivity contribution is 5.92. The highest BCUT2D eigenvalue weighted by Crippen LogP contribution is 2.60. The molecule has 0 aliphatic heterocycles. The van der Waals surface area contributed by atoms with E-state index in [9.17, 15) is 9.59 Å². The summed E-state index contributed by atoms with van der Waals surface area (Å²) < 4.78 is 10.4. The van der Waals surface area contributed by atoms with E-state index in [0.717, 1.165) is 29.1 Å². The van der Waals surface area contributed by atoms with Gasteiger partial charge in [0.25, 0.3) is 0 Å². The molecule has 2 aromatic rings. The van der Waals surface area contributed by atoms with Crippen LogP contribution in [0.25, 0.3) is 0 Å². The lowest BCUT2D eigenvalue weighted by Crippen LogP contribution is -2.48. The van der Waals surface area contributed by atoms with Crippen molar-refractivity contribution >= 4 is 11.8 Å². The van der Waals surface area contributed by atoms with Gasteiger partial charge in [-0.3, -0.25) is 4.79 Å². The van der Waals surface area contributed by atoms with Gasteiger partial charge in [-0.05, 0) is 97.1 Å². The molecular formula is C28H30O4. The predicted molar refractivity (Wildman–Crippen MR) is 123 cm³/mol. The van der Waals surface area contributed by atoms with Crippen LogP contribution in [0.4, 0.5) is 0 Å². The maximum Gasteiger partial charge on any atom is 0.337 e. The third-order valence-corrected chi connectivity index (χ3v) is 7.69. The van der Waals surface area contributed by atoms with Gasteiger partial charge in [-0.25, -0.2) is 4.79 Å². The first kappa shape index (κ1) is 21.0. The Hall–Kier alpha value is -2.88. The molecular weight excluding hydrogens is 400 g/mol. The monoisotopic (exact) mass is 430 g/mol. The minimum atomic E-state index is -0.407. The summed E-state index contributed by atoms with van der Waals surface area (Å²) in [5.41, 5.74) is 3.06. The molecule has 4 bridgehead atoms. The minimum absolute atomic E-state index is 0.0859. The van der Waals surface area contributed by atoms with Crippen LogP contribution in [0, 0.1) is 17.8 Å². The van der Waals surface area contributed by atoms with Crippen molar-refractivity contribution in [2.45, 2.75) is 50.4 Å². The molecule has 0 saturated heterocycles. The standard InChI is InChI=1S/C28H30O4/c1-31-27(30)23-4-2-3-19(14-23)15-25(29)9-10-32-26-7-5-24(6-8-26)28-16-20-11-21(17-28)13-22(12-20)18-28/h2-10,14,20-22H,11-13,15-18H2,1H3/b10-9+. The fourth-order valence-corrected chi connectivity index (χ4v) is 6.73. The number of rotatable bonds is 7. The number of benzene rings is 2. The second-order valence-corrected chi connectivity index (χ2v) is 9.98. The molecule has 166 valence electrons. The van der Waals surface area contributed by atoms with E-state index in [2.05, 4.69) is 12.1 Å². The quantitative estimate of drug-likeness (QED) is 0.324. The van der Waals surface area contributed by atoms with E-state index in [1.807, 2.05) is 18.2 Å². The first-order valence-electron chi connectivity index (χ1n) is 11.7. The summed E-state index contributed by atoms with van der Waals surface area (Å²) >= 11 is 0. The van der Waals surface area contributed by atoms with Crippen molar-refractivity contribution in [2.75, 3.05) is 7.11 Å². The summed E-state index contributed by atoms with van der Waals surface area (Å²) in [6, 6.07) is 15.5. The average Bonchev–Trinajstić information content (AvgIpc) is 2.78. The first-order chi connectivity index (χ1) is 15.5. The second kappa shape index (κ2) is 8.57. The fourth-order valence-electron chi connectivity index (χ4n) is 6.73. The maximum absolute atomic E-state index is 12.3. The Kier molecular flexibility index (Phi) is 5.62. The van der Waals surface area contributed by atoms with Gasteiger partial charge in [0.15, 0.2) is 5.78 Å². The molecule has 0 unspecified atom stereocenters. The molecule has 0 N–H and O–H groups in total. The summed E-state index contributed by atoms with van der Waals surface area (Å²) in [5, 5.41) is 0. The number of esters is 1. The molecule has 0 spiro atoms. The maximum atomic E-state index is 12.3. The molecule has 0 atom stereocenters. The molecule has 6 rings (SSSR count). The minimum Gasteiger partial charge on any atom is -0.465 e. The number of hydrogen-bond donors (Lipinski definition) is 0. The average molecular weight is 431 g/mol. The van der Waals surface area contributed by atoms with Crippen molar-refractivity contribution in [3.63, 3.8) is 0 Å². The van der Waals surface area contributed by atoms with Gasteiger partial charge in [0.05, 0.1) is 18.9 Å². The van der Waals surface area contributed by atoms with E-state index in [0.29, 0.717) is 11.0 Å². The molecule has 2 aromatic carbocycles. The van der Waals surface area contributed by atoms with Gasteiger partial charge in [0.1, 0.15) is 5.75 Å². The lowest BCUT2D eigenvalue weighted by molar-refractivity contribution is -0.114. The van der Waals surface area contributed by atoms with Crippen LogP contribution in [-0.2, 0) is 21.4 Å².